The van der Waals surface area contributed by atoms with Gasteiger partial charge in [0, 0.05) is 18.0 Å². The van der Waals surface area contributed by atoms with Crippen LogP contribution in [0.1, 0.15) is 32.6 Å². The fraction of sp³-hybridized carbons (Fsp3) is 0.600. The lowest BCUT2D eigenvalue weighted by atomic mass is 9.98. The fourth-order valence-electron chi connectivity index (χ4n) is 2.68. The summed E-state index contributed by atoms with van der Waals surface area (Å²) in [5.41, 5.74) is -0.357. The Balaban J connectivity index is 2.00. The van der Waals surface area contributed by atoms with Gasteiger partial charge in [0.15, 0.2) is 11.6 Å². The van der Waals surface area contributed by atoms with Gasteiger partial charge in [-0.3, -0.25) is 0 Å². The van der Waals surface area contributed by atoms with Gasteiger partial charge in [-0.2, -0.15) is 0 Å². The molecule has 1 aromatic carbocycles. The highest BCUT2D eigenvalue weighted by Crippen LogP contribution is 2.33. The summed E-state index contributed by atoms with van der Waals surface area (Å²) in [6, 6.07) is 3.19. The minimum Gasteiger partial charge on any atom is -0.487 e. The second kappa shape index (κ2) is 6.50. The van der Waals surface area contributed by atoms with Crippen molar-refractivity contribution in [3.8, 4) is 5.75 Å². The van der Waals surface area contributed by atoms with Crippen molar-refractivity contribution in [2.75, 3.05) is 13.2 Å². The quantitative estimate of drug-likeness (QED) is 0.844. The van der Waals surface area contributed by atoms with E-state index < -0.39 is 11.6 Å². The van der Waals surface area contributed by atoms with Crippen LogP contribution in [0, 0.1) is 11.6 Å². The predicted molar refractivity (Wildman–Crippen MR) is 72.7 cm³/mol. The molecule has 0 aliphatic heterocycles. The van der Waals surface area contributed by atoms with E-state index in [1.54, 1.807) is 0 Å². The highest BCUT2D eigenvalue weighted by Gasteiger charge is 2.39. The van der Waals surface area contributed by atoms with Gasteiger partial charge in [-0.1, -0.05) is 6.92 Å². The summed E-state index contributed by atoms with van der Waals surface area (Å²) in [5, 5.41) is 12.9. The summed E-state index contributed by atoms with van der Waals surface area (Å²) >= 11 is 0. The van der Waals surface area contributed by atoms with Gasteiger partial charge in [0.2, 0.25) is 0 Å². The molecule has 0 amide bonds. The van der Waals surface area contributed by atoms with E-state index in [0.29, 0.717) is 12.8 Å². The van der Waals surface area contributed by atoms with Crippen LogP contribution in [0.3, 0.4) is 0 Å². The highest BCUT2D eigenvalue weighted by atomic mass is 19.1. The lowest BCUT2D eigenvalue weighted by Gasteiger charge is -2.28. The van der Waals surface area contributed by atoms with Gasteiger partial charge in [0.05, 0.1) is 6.61 Å². The zero-order valence-electron chi connectivity index (χ0n) is 11.7. The van der Waals surface area contributed by atoms with E-state index in [9.17, 15) is 13.9 Å². The highest BCUT2D eigenvalue weighted by molar-refractivity contribution is 5.25. The first kappa shape index (κ1) is 15.2. The minimum atomic E-state index is -0.561. The normalized spacial score (nSPS) is 25.9. The first-order valence-electron chi connectivity index (χ1n) is 7.06. The van der Waals surface area contributed by atoms with E-state index in [-0.39, 0.29) is 24.0 Å². The van der Waals surface area contributed by atoms with Crippen molar-refractivity contribution in [2.45, 2.75) is 44.2 Å². The molecule has 0 bridgehead atoms. The monoisotopic (exact) mass is 285 g/mol. The second-order valence-corrected chi connectivity index (χ2v) is 5.42. The smallest absolute Gasteiger partial charge is 0.165 e. The van der Waals surface area contributed by atoms with E-state index in [1.807, 2.05) is 0 Å². The lowest BCUT2D eigenvalue weighted by Crippen LogP contribution is -2.47. The van der Waals surface area contributed by atoms with Crippen molar-refractivity contribution in [3.05, 3.63) is 29.8 Å². The molecule has 0 heterocycles. The van der Waals surface area contributed by atoms with Crippen LogP contribution in [0.25, 0.3) is 0 Å². The van der Waals surface area contributed by atoms with E-state index in [2.05, 4.69) is 12.2 Å². The summed E-state index contributed by atoms with van der Waals surface area (Å²) in [4.78, 5) is 0. The number of aliphatic hydroxyl groups excluding tert-OH is 1. The molecule has 0 aromatic heterocycles. The molecule has 2 N–H and O–H groups in total. The van der Waals surface area contributed by atoms with Gasteiger partial charge in [-0.25, -0.2) is 8.78 Å². The zero-order chi connectivity index (χ0) is 14.6. The van der Waals surface area contributed by atoms with Gasteiger partial charge < -0.3 is 15.2 Å². The maximum absolute atomic E-state index is 13.5. The molecule has 1 aromatic rings. The third-order valence-electron chi connectivity index (χ3n) is 3.80. The average molecular weight is 285 g/mol. The number of benzene rings is 1. The van der Waals surface area contributed by atoms with E-state index >= 15 is 0 Å². The average Bonchev–Trinajstić information content (AvgIpc) is 2.85. The molecule has 2 rings (SSSR count). The topological polar surface area (TPSA) is 41.5 Å². The summed E-state index contributed by atoms with van der Waals surface area (Å²) in [6.07, 6.45) is 2.85. The van der Waals surface area contributed by atoms with E-state index in [0.717, 1.165) is 37.6 Å². The zero-order valence-corrected chi connectivity index (χ0v) is 11.7. The molecule has 20 heavy (non-hydrogen) atoms. The Bertz CT molecular complexity index is 455. The van der Waals surface area contributed by atoms with Crippen LogP contribution in [0.4, 0.5) is 8.78 Å². The van der Waals surface area contributed by atoms with Crippen LogP contribution in [-0.4, -0.2) is 29.9 Å². The number of halogens is 2. The Hall–Kier alpha value is -1.20. The summed E-state index contributed by atoms with van der Waals surface area (Å²) in [5.74, 6) is -1.13. The van der Waals surface area contributed by atoms with Gasteiger partial charge in [-0.15, -0.1) is 0 Å². The van der Waals surface area contributed by atoms with Crippen LogP contribution in [-0.2, 0) is 0 Å². The van der Waals surface area contributed by atoms with Crippen molar-refractivity contribution >= 4 is 0 Å². The number of hydrogen-bond donors (Lipinski definition) is 2. The molecule has 5 heteroatoms. The molecule has 0 spiro atoms. The van der Waals surface area contributed by atoms with Crippen molar-refractivity contribution in [1.29, 1.82) is 0 Å². The Morgan fingerprint density at radius 2 is 2.25 bits per heavy atom. The first-order chi connectivity index (χ1) is 9.58. The molecule has 2 atom stereocenters. The number of aliphatic hydroxyl groups is 1. The predicted octanol–water partition coefficient (Wildman–Crippen LogP) is 2.63. The molecule has 0 saturated heterocycles. The van der Waals surface area contributed by atoms with E-state index in [1.165, 1.54) is 0 Å². The third kappa shape index (κ3) is 3.46. The number of nitrogens with one attached hydrogen (secondary N) is 1. The summed E-state index contributed by atoms with van der Waals surface area (Å²) in [6.45, 7) is 2.91. The fourth-order valence-corrected chi connectivity index (χ4v) is 2.68. The molecule has 1 aliphatic carbocycles. The first-order valence-corrected chi connectivity index (χ1v) is 7.06. The van der Waals surface area contributed by atoms with Crippen LogP contribution in [0.15, 0.2) is 18.2 Å². The Morgan fingerprint density at radius 1 is 1.45 bits per heavy atom. The van der Waals surface area contributed by atoms with E-state index in [4.69, 9.17) is 4.74 Å². The molecular weight excluding hydrogens is 264 g/mol. The Labute approximate surface area is 117 Å². The summed E-state index contributed by atoms with van der Waals surface area (Å²) in [7, 11) is 0. The molecular formula is C15H21F2NO2. The van der Waals surface area contributed by atoms with Gasteiger partial charge >= 0.3 is 0 Å². The van der Waals surface area contributed by atoms with Crippen LogP contribution in [0.5, 0.6) is 5.75 Å². The van der Waals surface area contributed by atoms with Crippen LogP contribution >= 0.6 is 0 Å². The van der Waals surface area contributed by atoms with Crippen LogP contribution in [0.2, 0.25) is 0 Å². The standard InChI is InChI=1S/C15H21F2NO2/c1-2-7-18-15(10-19)6-5-12(9-15)20-14-8-11(16)3-4-13(14)17/h3-4,8,12,18-19H,2,5-7,9-10H2,1H3. The molecule has 1 aliphatic rings. The maximum Gasteiger partial charge on any atom is 0.165 e. The SMILES string of the molecule is CCCNC1(CO)CCC(Oc2cc(F)ccc2F)C1. The van der Waals surface area contributed by atoms with Gasteiger partial charge in [-0.05, 0) is 37.9 Å². The molecule has 3 nitrogen and oxygen atoms in total. The van der Waals surface area contributed by atoms with Gasteiger partial charge in [0.1, 0.15) is 11.9 Å². The molecule has 1 fully saturated rings. The number of rotatable bonds is 6. The van der Waals surface area contributed by atoms with Crippen molar-refractivity contribution in [3.63, 3.8) is 0 Å². The minimum absolute atomic E-state index is 0.0263. The molecule has 1 saturated carbocycles. The van der Waals surface area contributed by atoms with Gasteiger partial charge in [0.25, 0.3) is 0 Å². The molecule has 2 unspecified atom stereocenters. The summed E-state index contributed by atoms with van der Waals surface area (Å²) < 4.78 is 32.2. The van der Waals surface area contributed by atoms with Crippen molar-refractivity contribution in [1.82, 2.24) is 5.32 Å². The number of hydrogen-bond acceptors (Lipinski definition) is 3. The maximum atomic E-state index is 13.5. The number of ether oxygens (including phenoxy) is 1. The largest absolute Gasteiger partial charge is 0.487 e. The van der Waals surface area contributed by atoms with Crippen molar-refractivity contribution < 1.29 is 18.6 Å². The van der Waals surface area contributed by atoms with Crippen molar-refractivity contribution in [2.24, 2.45) is 0 Å². The molecule has 0 radical (unpaired) electrons. The second-order valence-electron chi connectivity index (χ2n) is 5.42. The Kier molecular flexibility index (Phi) is 4.94. The lowest BCUT2D eigenvalue weighted by molar-refractivity contribution is 0.138. The van der Waals surface area contributed by atoms with Crippen LogP contribution < -0.4 is 10.1 Å². The molecule has 112 valence electrons. The third-order valence-corrected chi connectivity index (χ3v) is 3.80. The Morgan fingerprint density at radius 3 is 2.95 bits per heavy atom.